The molecule has 146 valence electrons. The van der Waals surface area contributed by atoms with Crippen molar-refractivity contribution in [2.75, 3.05) is 17.2 Å². The maximum Gasteiger partial charge on any atom is 0.350 e. The van der Waals surface area contributed by atoms with Crippen molar-refractivity contribution >= 4 is 28.4 Å². The SMILES string of the molecule is O=c1n(CCNc2cc([N+](=O)[O-])ccc2Nc2ccccc2)nc2ccccn12. The summed E-state index contributed by atoms with van der Waals surface area (Å²) >= 11 is 0. The highest BCUT2D eigenvalue weighted by molar-refractivity contribution is 5.76. The molecule has 0 aliphatic carbocycles. The van der Waals surface area contributed by atoms with E-state index in [0.717, 1.165) is 5.69 Å². The topological polar surface area (TPSA) is 106 Å². The quantitative estimate of drug-likeness (QED) is 0.371. The number of pyridine rings is 1. The molecule has 0 atom stereocenters. The molecule has 29 heavy (non-hydrogen) atoms. The molecule has 0 bridgehead atoms. The van der Waals surface area contributed by atoms with Crippen LogP contribution in [0.5, 0.6) is 0 Å². The Morgan fingerprint density at radius 1 is 1.00 bits per heavy atom. The van der Waals surface area contributed by atoms with Crippen molar-refractivity contribution in [2.24, 2.45) is 0 Å². The summed E-state index contributed by atoms with van der Waals surface area (Å²) in [5.41, 5.74) is 2.45. The number of nitro benzene ring substituents is 1. The Bertz CT molecular complexity index is 1220. The van der Waals surface area contributed by atoms with Crippen LogP contribution in [-0.4, -0.2) is 25.6 Å². The summed E-state index contributed by atoms with van der Waals surface area (Å²) in [4.78, 5) is 23.1. The summed E-state index contributed by atoms with van der Waals surface area (Å²) in [6.45, 7) is 0.683. The molecule has 0 fully saturated rings. The van der Waals surface area contributed by atoms with Gasteiger partial charge in [-0.3, -0.25) is 14.5 Å². The van der Waals surface area contributed by atoms with Crippen LogP contribution in [0.3, 0.4) is 0 Å². The van der Waals surface area contributed by atoms with Gasteiger partial charge in [0.2, 0.25) is 0 Å². The van der Waals surface area contributed by atoms with Gasteiger partial charge in [0.25, 0.3) is 5.69 Å². The Morgan fingerprint density at radius 3 is 2.55 bits per heavy atom. The Hall–Kier alpha value is -4.14. The minimum Gasteiger partial charge on any atom is -0.381 e. The van der Waals surface area contributed by atoms with Crippen molar-refractivity contribution < 1.29 is 4.92 Å². The van der Waals surface area contributed by atoms with Crippen molar-refractivity contribution in [3.63, 3.8) is 0 Å². The van der Waals surface area contributed by atoms with Crippen molar-refractivity contribution in [3.8, 4) is 0 Å². The highest BCUT2D eigenvalue weighted by atomic mass is 16.6. The molecule has 2 aromatic carbocycles. The normalized spacial score (nSPS) is 10.8. The number of nitrogens with one attached hydrogen (secondary N) is 2. The second-order valence-electron chi connectivity index (χ2n) is 6.34. The number of rotatable bonds is 7. The van der Waals surface area contributed by atoms with Gasteiger partial charge in [0.15, 0.2) is 5.65 Å². The summed E-state index contributed by atoms with van der Waals surface area (Å²) in [7, 11) is 0. The summed E-state index contributed by atoms with van der Waals surface area (Å²) in [6.07, 6.45) is 1.66. The number of non-ortho nitro benzene ring substituents is 1. The van der Waals surface area contributed by atoms with Gasteiger partial charge < -0.3 is 10.6 Å². The zero-order valence-corrected chi connectivity index (χ0v) is 15.4. The molecule has 4 aromatic rings. The molecule has 0 aliphatic rings. The molecule has 9 nitrogen and oxygen atoms in total. The van der Waals surface area contributed by atoms with E-state index < -0.39 is 4.92 Å². The number of nitrogens with zero attached hydrogens (tertiary/aromatic N) is 4. The van der Waals surface area contributed by atoms with Crippen molar-refractivity contribution in [1.29, 1.82) is 0 Å². The van der Waals surface area contributed by atoms with Gasteiger partial charge in [0.1, 0.15) is 0 Å². The number of hydrogen-bond donors (Lipinski definition) is 2. The molecule has 9 heteroatoms. The van der Waals surface area contributed by atoms with Gasteiger partial charge in [0, 0.05) is 30.6 Å². The number of fused-ring (bicyclic) bond motifs is 1. The third-order valence-electron chi connectivity index (χ3n) is 4.39. The largest absolute Gasteiger partial charge is 0.381 e. The average Bonchev–Trinajstić information content (AvgIpc) is 3.06. The molecule has 0 spiro atoms. The lowest BCUT2D eigenvalue weighted by Gasteiger charge is -2.14. The lowest BCUT2D eigenvalue weighted by molar-refractivity contribution is -0.384. The minimum atomic E-state index is -0.440. The molecule has 2 heterocycles. The fourth-order valence-electron chi connectivity index (χ4n) is 2.99. The lowest BCUT2D eigenvalue weighted by Crippen LogP contribution is -2.24. The molecule has 2 aromatic heterocycles. The average molecular weight is 390 g/mol. The molecule has 0 radical (unpaired) electrons. The Kier molecular flexibility index (Phi) is 4.93. The monoisotopic (exact) mass is 390 g/mol. The fraction of sp³-hybridized carbons (Fsp3) is 0.100. The van der Waals surface area contributed by atoms with Gasteiger partial charge in [-0.1, -0.05) is 24.3 Å². The third kappa shape index (κ3) is 3.93. The van der Waals surface area contributed by atoms with E-state index in [0.29, 0.717) is 30.1 Å². The molecule has 0 saturated heterocycles. The summed E-state index contributed by atoms with van der Waals surface area (Å²) in [5.74, 6) is 0. The molecule has 2 N–H and O–H groups in total. The van der Waals surface area contributed by atoms with Crippen molar-refractivity contribution in [3.05, 3.63) is 93.5 Å². The minimum absolute atomic E-state index is 0.0176. The number of anilines is 3. The van der Waals surface area contributed by atoms with Crippen LogP contribution in [-0.2, 0) is 6.54 Å². The van der Waals surface area contributed by atoms with Gasteiger partial charge >= 0.3 is 5.69 Å². The van der Waals surface area contributed by atoms with Crippen molar-refractivity contribution in [2.45, 2.75) is 6.54 Å². The Labute approximate surface area is 165 Å². The Morgan fingerprint density at radius 2 is 1.79 bits per heavy atom. The van der Waals surface area contributed by atoms with E-state index in [1.165, 1.54) is 21.2 Å². The van der Waals surface area contributed by atoms with E-state index >= 15 is 0 Å². The number of nitro groups is 1. The highest BCUT2D eigenvalue weighted by Crippen LogP contribution is 2.29. The maximum atomic E-state index is 12.4. The van der Waals surface area contributed by atoms with Crippen molar-refractivity contribution in [1.82, 2.24) is 14.2 Å². The van der Waals surface area contributed by atoms with E-state index in [9.17, 15) is 14.9 Å². The second-order valence-corrected chi connectivity index (χ2v) is 6.34. The van der Waals surface area contributed by atoms with Crippen LogP contribution in [0.15, 0.2) is 77.7 Å². The zero-order valence-electron chi connectivity index (χ0n) is 15.4. The first kappa shape index (κ1) is 18.2. The van der Waals surface area contributed by atoms with Crippen LogP contribution in [0.25, 0.3) is 5.65 Å². The first-order valence-corrected chi connectivity index (χ1v) is 9.00. The molecule has 4 rings (SSSR count). The fourth-order valence-corrected chi connectivity index (χ4v) is 2.99. The standard InChI is InChI=1S/C20H18N6O3/c27-20-24-12-5-4-8-19(24)23-25(20)13-11-21-18-14-16(26(28)29)9-10-17(18)22-15-6-2-1-3-7-15/h1-10,12,14,21-22H,11,13H2. The van der Waals surface area contributed by atoms with E-state index in [4.69, 9.17) is 0 Å². The van der Waals surface area contributed by atoms with Crippen LogP contribution < -0.4 is 16.3 Å². The number of para-hydroxylation sites is 1. The van der Waals surface area contributed by atoms with E-state index in [1.54, 1.807) is 24.4 Å². The van der Waals surface area contributed by atoms with E-state index in [2.05, 4.69) is 15.7 Å². The molecule has 0 amide bonds. The van der Waals surface area contributed by atoms with Gasteiger partial charge in [-0.2, -0.15) is 0 Å². The smallest absolute Gasteiger partial charge is 0.350 e. The first-order chi connectivity index (χ1) is 14.1. The Balaban J connectivity index is 1.54. The van der Waals surface area contributed by atoms with Crippen LogP contribution in [0.4, 0.5) is 22.7 Å². The molecule has 0 aliphatic heterocycles. The molecular formula is C20H18N6O3. The predicted octanol–water partition coefficient (Wildman–Crippen LogP) is 3.26. The predicted molar refractivity (Wildman–Crippen MR) is 111 cm³/mol. The van der Waals surface area contributed by atoms with Crippen LogP contribution in [0.1, 0.15) is 0 Å². The number of hydrogen-bond acceptors (Lipinski definition) is 6. The maximum absolute atomic E-state index is 12.4. The summed E-state index contributed by atoms with van der Waals surface area (Å²) in [6, 6.07) is 19.4. The van der Waals surface area contributed by atoms with Gasteiger partial charge in [-0.05, 0) is 30.3 Å². The van der Waals surface area contributed by atoms with Crippen LogP contribution in [0, 0.1) is 10.1 Å². The lowest BCUT2D eigenvalue weighted by atomic mass is 10.2. The first-order valence-electron chi connectivity index (χ1n) is 9.00. The molecule has 0 saturated carbocycles. The summed E-state index contributed by atoms with van der Waals surface area (Å²) < 4.78 is 2.83. The summed E-state index contributed by atoms with van der Waals surface area (Å²) in [5, 5.41) is 21.9. The second kappa shape index (κ2) is 7.85. The number of benzene rings is 2. The van der Waals surface area contributed by atoms with E-state index in [-0.39, 0.29) is 11.4 Å². The van der Waals surface area contributed by atoms with Gasteiger partial charge in [-0.15, -0.1) is 5.10 Å². The zero-order chi connectivity index (χ0) is 20.2. The number of aromatic nitrogens is 3. The third-order valence-corrected chi connectivity index (χ3v) is 4.39. The van der Waals surface area contributed by atoms with Gasteiger partial charge in [-0.25, -0.2) is 9.48 Å². The van der Waals surface area contributed by atoms with Gasteiger partial charge in [0.05, 0.1) is 22.8 Å². The van der Waals surface area contributed by atoms with Crippen LogP contribution in [0.2, 0.25) is 0 Å². The van der Waals surface area contributed by atoms with Crippen LogP contribution >= 0.6 is 0 Å². The molecule has 0 unspecified atom stereocenters. The molecular weight excluding hydrogens is 372 g/mol. The highest BCUT2D eigenvalue weighted by Gasteiger charge is 2.12. The van der Waals surface area contributed by atoms with E-state index in [1.807, 2.05) is 36.4 Å².